The van der Waals surface area contributed by atoms with Gasteiger partial charge in [0.15, 0.2) is 0 Å². The summed E-state index contributed by atoms with van der Waals surface area (Å²) in [5, 5.41) is 0.572. The molecule has 144 valence electrons. The quantitative estimate of drug-likeness (QED) is 0.711. The van der Waals surface area contributed by atoms with Gasteiger partial charge in [0.1, 0.15) is 0 Å². The number of alkyl halides is 3. The van der Waals surface area contributed by atoms with E-state index in [0.717, 1.165) is 25.0 Å². The van der Waals surface area contributed by atoms with Gasteiger partial charge < -0.3 is 9.64 Å². The fourth-order valence-electron chi connectivity index (χ4n) is 3.04. The molecule has 0 aliphatic carbocycles. The number of piperidine rings is 1. The lowest BCUT2D eigenvalue weighted by Crippen LogP contribution is -2.43. The second-order valence-electron chi connectivity index (χ2n) is 6.53. The smallest absolute Gasteiger partial charge is 0.372 e. The first-order valence-electron chi connectivity index (χ1n) is 8.65. The van der Waals surface area contributed by atoms with Gasteiger partial charge in [-0.25, -0.2) is 0 Å². The summed E-state index contributed by atoms with van der Waals surface area (Å²) in [4.78, 5) is 14.3. The van der Waals surface area contributed by atoms with Crippen molar-refractivity contribution in [2.24, 2.45) is 0 Å². The molecule has 1 unspecified atom stereocenters. The highest BCUT2D eigenvalue weighted by molar-refractivity contribution is 6.30. The van der Waals surface area contributed by atoms with Crippen molar-refractivity contribution in [2.45, 2.75) is 31.7 Å². The number of rotatable bonds is 4. The van der Waals surface area contributed by atoms with Gasteiger partial charge in [-0.05, 0) is 54.8 Å². The number of hydrogen-bond acceptors (Lipinski definition) is 2. The number of benzene rings is 2. The maximum Gasteiger partial charge on any atom is 0.416 e. The minimum Gasteiger partial charge on any atom is -0.372 e. The van der Waals surface area contributed by atoms with Crippen LogP contribution in [-0.4, -0.2) is 30.0 Å². The lowest BCUT2D eigenvalue weighted by molar-refractivity contribution is -0.137. The van der Waals surface area contributed by atoms with Crippen LogP contribution in [0.3, 0.4) is 0 Å². The summed E-state index contributed by atoms with van der Waals surface area (Å²) < 4.78 is 43.6. The van der Waals surface area contributed by atoms with Gasteiger partial charge in [-0.3, -0.25) is 4.79 Å². The van der Waals surface area contributed by atoms with Gasteiger partial charge in [-0.15, -0.1) is 0 Å². The number of amides is 1. The van der Waals surface area contributed by atoms with Crippen molar-refractivity contribution < 1.29 is 22.7 Å². The molecule has 0 saturated carbocycles. The molecule has 1 heterocycles. The normalized spacial score (nSPS) is 17.8. The van der Waals surface area contributed by atoms with E-state index in [9.17, 15) is 18.0 Å². The lowest BCUT2D eigenvalue weighted by atomic mass is 10.1. The molecule has 0 bridgehead atoms. The number of carbonyl (C=O) groups excluding carboxylic acids is 1. The first-order chi connectivity index (χ1) is 12.8. The zero-order valence-corrected chi connectivity index (χ0v) is 15.3. The van der Waals surface area contributed by atoms with Gasteiger partial charge in [-0.1, -0.05) is 23.7 Å². The first kappa shape index (κ1) is 19.7. The van der Waals surface area contributed by atoms with E-state index in [0.29, 0.717) is 29.2 Å². The summed E-state index contributed by atoms with van der Waals surface area (Å²) in [7, 11) is 0. The van der Waals surface area contributed by atoms with Gasteiger partial charge in [0, 0.05) is 23.7 Å². The van der Waals surface area contributed by atoms with E-state index in [-0.39, 0.29) is 18.6 Å². The molecule has 2 aromatic carbocycles. The van der Waals surface area contributed by atoms with Gasteiger partial charge in [-0.2, -0.15) is 13.2 Å². The van der Waals surface area contributed by atoms with Gasteiger partial charge in [0.25, 0.3) is 5.91 Å². The number of ether oxygens (including phenoxy) is 1. The second kappa shape index (κ2) is 8.31. The third kappa shape index (κ3) is 5.23. The van der Waals surface area contributed by atoms with Crippen LogP contribution >= 0.6 is 11.6 Å². The zero-order valence-electron chi connectivity index (χ0n) is 14.5. The Kier molecular flexibility index (Phi) is 6.07. The zero-order chi connectivity index (χ0) is 19.4. The highest BCUT2D eigenvalue weighted by atomic mass is 35.5. The number of hydrogen-bond donors (Lipinski definition) is 0. The molecule has 0 spiro atoms. The molecular formula is C20H19ClF3NO2. The van der Waals surface area contributed by atoms with Crippen LogP contribution in [0.5, 0.6) is 0 Å². The molecule has 1 amide bonds. The van der Waals surface area contributed by atoms with E-state index in [1.54, 1.807) is 29.2 Å². The van der Waals surface area contributed by atoms with Crippen molar-refractivity contribution >= 4 is 17.5 Å². The van der Waals surface area contributed by atoms with Crippen molar-refractivity contribution in [3.8, 4) is 0 Å². The Hall–Kier alpha value is -2.05. The molecule has 0 aromatic heterocycles. The minimum absolute atomic E-state index is 0.0745. The van der Waals surface area contributed by atoms with E-state index in [4.69, 9.17) is 16.3 Å². The molecule has 1 aliphatic rings. The summed E-state index contributed by atoms with van der Waals surface area (Å²) >= 11 is 5.85. The van der Waals surface area contributed by atoms with Crippen LogP contribution in [0.2, 0.25) is 5.02 Å². The lowest BCUT2D eigenvalue weighted by Gasteiger charge is -2.32. The first-order valence-corrected chi connectivity index (χ1v) is 9.03. The molecular weight excluding hydrogens is 379 g/mol. The minimum atomic E-state index is -4.34. The van der Waals surface area contributed by atoms with Crippen LogP contribution in [0.15, 0.2) is 48.5 Å². The molecule has 1 atom stereocenters. The Morgan fingerprint density at radius 1 is 1.11 bits per heavy atom. The van der Waals surface area contributed by atoms with Crippen LogP contribution in [0.25, 0.3) is 0 Å². The molecule has 3 nitrogen and oxygen atoms in total. The Bertz CT molecular complexity index is 775. The fourth-order valence-corrected chi connectivity index (χ4v) is 3.16. The average Bonchev–Trinajstić information content (AvgIpc) is 2.66. The number of nitrogens with zero attached hydrogens (tertiary/aromatic N) is 1. The van der Waals surface area contributed by atoms with Crippen LogP contribution in [0, 0.1) is 0 Å². The molecule has 1 aliphatic heterocycles. The largest absolute Gasteiger partial charge is 0.416 e. The van der Waals surface area contributed by atoms with Crippen LogP contribution < -0.4 is 0 Å². The second-order valence-corrected chi connectivity index (χ2v) is 6.96. The summed E-state index contributed by atoms with van der Waals surface area (Å²) in [6.07, 6.45) is -2.86. The molecule has 7 heteroatoms. The molecule has 1 fully saturated rings. The molecule has 0 radical (unpaired) electrons. The monoisotopic (exact) mass is 397 g/mol. The topological polar surface area (TPSA) is 29.5 Å². The van der Waals surface area contributed by atoms with Crippen molar-refractivity contribution in [1.82, 2.24) is 4.90 Å². The molecule has 2 aromatic rings. The Morgan fingerprint density at radius 2 is 1.78 bits per heavy atom. The fraction of sp³-hybridized carbons (Fsp3) is 0.350. The van der Waals surface area contributed by atoms with Gasteiger partial charge in [0.2, 0.25) is 0 Å². The molecule has 3 rings (SSSR count). The van der Waals surface area contributed by atoms with E-state index in [1.165, 1.54) is 12.1 Å². The predicted molar refractivity (Wildman–Crippen MR) is 96.6 cm³/mol. The summed E-state index contributed by atoms with van der Waals surface area (Å²) in [6.45, 7) is 1.33. The number of likely N-dealkylation sites (tertiary alicyclic amines) is 1. The summed E-state index contributed by atoms with van der Waals surface area (Å²) in [5.74, 6) is -0.0745. The van der Waals surface area contributed by atoms with E-state index < -0.39 is 11.7 Å². The van der Waals surface area contributed by atoms with Crippen LogP contribution in [0.1, 0.15) is 34.3 Å². The molecule has 0 N–H and O–H groups in total. The average molecular weight is 398 g/mol. The Morgan fingerprint density at radius 3 is 2.41 bits per heavy atom. The number of halogens is 4. The standard InChI is InChI=1S/C20H19ClF3NO2/c21-17-9-5-15(6-10-17)19(26)25-11-1-2-18(12-25)27-13-14-3-7-16(8-4-14)20(22,23)24/h3-10,18H,1-2,11-13H2. The third-order valence-electron chi connectivity index (χ3n) is 4.52. The van der Waals surface area contributed by atoms with E-state index in [1.807, 2.05) is 0 Å². The predicted octanol–water partition coefficient (Wildman–Crippen LogP) is 5.18. The van der Waals surface area contributed by atoms with Crippen LogP contribution in [-0.2, 0) is 17.5 Å². The van der Waals surface area contributed by atoms with Crippen molar-refractivity contribution in [2.75, 3.05) is 13.1 Å². The maximum atomic E-state index is 12.6. The van der Waals surface area contributed by atoms with Crippen LogP contribution in [0.4, 0.5) is 13.2 Å². The highest BCUT2D eigenvalue weighted by Gasteiger charge is 2.30. The van der Waals surface area contributed by atoms with Crippen molar-refractivity contribution in [1.29, 1.82) is 0 Å². The summed E-state index contributed by atoms with van der Waals surface area (Å²) in [5.41, 5.74) is 0.565. The Balaban J connectivity index is 1.55. The SMILES string of the molecule is O=C(c1ccc(Cl)cc1)N1CCCC(OCc2ccc(C(F)(F)F)cc2)C1. The maximum absolute atomic E-state index is 12.6. The van der Waals surface area contributed by atoms with Crippen molar-refractivity contribution in [3.63, 3.8) is 0 Å². The van der Waals surface area contributed by atoms with Crippen molar-refractivity contribution in [3.05, 3.63) is 70.2 Å². The summed E-state index contributed by atoms with van der Waals surface area (Å²) in [6, 6.07) is 11.7. The Labute approximate surface area is 160 Å². The molecule has 1 saturated heterocycles. The molecule has 27 heavy (non-hydrogen) atoms. The van der Waals surface area contributed by atoms with Gasteiger partial charge >= 0.3 is 6.18 Å². The number of carbonyl (C=O) groups is 1. The highest BCUT2D eigenvalue weighted by Crippen LogP contribution is 2.29. The van der Waals surface area contributed by atoms with E-state index >= 15 is 0 Å². The third-order valence-corrected chi connectivity index (χ3v) is 4.78. The van der Waals surface area contributed by atoms with Gasteiger partial charge in [0.05, 0.1) is 18.3 Å². The van der Waals surface area contributed by atoms with E-state index in [2.05, 4.69) is 0 Å².